The molecule has 1 atom stereocenters. The van der Waals surface area contributed by atoms with Gasteiger partial charge in [-0.25, -0.2) is 28.2 Å². The van der Waals surface area contributed by atoms with Gasteiger partial charge < -0.3 is 10.1 Å². The average molecular weight is 384 g/mol. The summed E-state index contributed by atoms with van der Waals surface area (Å²) in [5.74, 6) is -2.25. The first-order valence-corrected chi connectivity index (χ1v) is 8.64. The lowest BCUT2D eigenvalue weighted by Gasteiger charge is -2.20. The van der Waals surface area contributed by atoms with Crippen molar-refractivity contribution in [2.45, 2.75) is 25.8 Å². The second-order valence-corrected chi connectivity index (χ2v) is 6.58. The Morgan fingerprint density at radius 3 is 2.75 bits per heavy atom. The summed E-state index contributed by atoms with van der Waals surface area (Å²) in [6.07, 6.45) is 4.82. The molecule has 0 saturated carbocycles. The van der Waals surface area contributed by atoms with Crippen LogP contribution in [0.2, 0.25) is 0 Å². The molecule has 0 unspecified atom stereocenters. The number of hydrogen-bond donors (Lipinski definition) is 1. The lowest BCUT2D eigenvalue weighted by atomic mass is 10.1. The number of anilines is 1. The molecule has 9 heteroatoms. The summed E-state index contributed by atoms with van der Waals surface area (Å²) in [5, 5.41) is 7.71. The number of benzene rings is 1. The molecular formula is C19H18F2N6O. The quantitative estimate of drug-likeness (QED) is 0.564. The van der Waals surface area contributed by atoms with Gasteiger partial charge in [0.25, 0.3) is 5.92 Å². The van der Waals surface area contributed by atoms with E-state index in [1.54, 1.807) is 24.0 Å². The van der Waals surface area contributed by atoms with Gasteiger partial charge in [-0.1, -0.05) is 6.07 Å². The molecule has 4 rings (SSSR count). The zero-order valence-corrected chi connectivity index (χ0v) is 15.5. The number of aromatic nitrogens is 5. The zero-order chi connectivity index (χ0) is 19.9. The van der Waals surface area contributed by atoms with Crippen LogP contribution in [0.15, 0.2) is 43.0 Å². The van der Waals surface area contributed by atoms with E-state index >= 15 is 0 Å². The number of nitrogens with zero attached hydrogens (tertiary/aromatic N) is 5. The van der Waals surface area contributed by atoms with Gasteiger partial charge in [0.1, 0.15) is 6.33 Å². The molecule has 144 valence electrons. The number of rotatable bonds is 5. The first-order chi connectivity index (χ1) is 13.4. The predicted octanol–water partition coefficient (Wildman–Crippen LogP) is 3.80. The maximum absolute atomic E-state index is 13.4. The maximum Gasteiger partial charge on any atom is 0.264 e. The Labute approximate surface area is 159 Å². The van der Waals surface area contributed by atoms with E-state index in [4.69, 9.17) is 4.74 Å². The van der Waals surface area contributed by atoms with E-state index in [0.717, 1.165) is 34.5 Å². The van der Waals surface area contributed by atoms with Crippen molar-refractivity contribution in [1.29, 1.82) is 0 Å². The van der Waals surface area contributed by atoms with Crippen molar-refractivity contribution in [3.05, 3.63) is 43.0 Å². The van der Waals surface area contributed by atoms with Crippen molar-refractivity contribution in [2.24, 2.45) is 0 Å². The minimum atomic E-state index is -2.88. The summed E-state index contributed by atoms with van der Waals surface area (Å²) < 4.78 is 33.7. The number of hydrogen-bond acceptors (Lipinski definition) is 6. The van der Waals surface area contributed by atoms with Crippen LogP contribution in [-0.2, 0) is 0 Å². The van der Waals surface area contributed by atoms with Gasteiger partial charge in [-0.2, -0.15) is 0 Å². The third-order valence-electron chi connectivity index (χ3n) is 4.63. The van der Waals surface area contributed by atoms with E-state index in [0.29, 0.717) is 5.88 Å². The van der Waals surface area contributed by atoms with Gasteiger partial charge in [0.15, 0.2) is 0 Å². The van der Waals surface area contributed by atoms with Gasteiger partial charge in [0.2, 0.25) is 11.8 Å². The van der Waals surface area contributed by atoms with Gasteiger partial charge in [0.05, 0.1) is 35.8 Å². The van der Waals surface area contributed by atoms with Gasteiger partial charge in [-0.05, 0) is 30.7 Å². The summed E-state index contributed by atoms with van der Waals surface area (Å²) in [4.78, 5) is 12.6. The second kappa shape index (κ2) is 6.66. The van der Waals surface area contributed by atoms with Gasteiger partial charge in [0, 0.05) is 18.7 Å². The standard InChI is InChI=1S/C19H18F2N6O/c1-11(19(2,20)21)25-18-22-9-16-13(6-7-27(16)26-18)12-4-5-15-14(8-12)17(28-3)24-10-23-15/h4-11H,1-3H3,(H,25,26)/t11-/m1/s1. The second-order valence-electron chi connectivity index (χ2n) is 6.58. The Kier molecular flexibility index (Phi) is 4.29. The highest BCUT2D eigenvalue weighted by molar-refractivity contribution is 5.91. The number of methoxy groups -OCH3 is 1. The highest BCUT2D eigenvalue weighted by Crippen LogP contribution is 2.30. The van der Waals surface area contributed by atoms with Crippen molar-refractivity contribution >= 4 is 22.4 Å². The highest BCUT2D eigenvalue weighted by Gasteiger charge is 2.30. The first-order valence-electron chi connectivity index (χ1n) is 8.64. The third-order valence-corrected chi connectivity index (χ3v) is 4.63. The van der Waals surface area contributed by atoms with Crippen molar-refractivity contribution in [3.8, 4) is 17.0 Å². The fourth-order valence-corrected chi connectivity index (χ4v) is 2.89. The van der Waals surface area contributed by atoms with Gasteiger partial charge in [-0.15, -0.1) is 5.10 Å². The van der Waals surface area contributed by atoms with Crippen LogP contribution < -0.4 is 10.1 Å². The Bertz CT molecular complexity index is 1150. The van der Waals surface area contributed by atoms with Crippen molar-refractivity contribution in [3.63, 3.8) is 0 Å². The fraction of sp³-hybridized carbons (Fsp3) is 0.263. The number of nitrogens with one attached hydrogen (secondary N) is 1. The van der Waals surface area contributed by atoms with Crippen LogP contribution in [0.1, 0.15) is 13.8 Å². The Morgan fingerprint density at radius 1 is 1.18 bits per heavy atom. The molecular weight excluding hydrogens is 366 g/mol. The van der Waals surface area contributed by atoms with Crippen LogP contribution in [-0.4, -0.2) is 43.6 Å². The first kappa shape index (κ1) is 18.0. The molecule has 1 N–H and O–H groups in total. The summed E-state index contributed by atoms with van der Waals surface area (Å²) in [6.45, 7) is 2.24. The third kappa shape index (κ3) is 3.19. The van der Waals surface area contributed by atoms with E-state index < -0.39 is 12.0 Å². The highest BCUT2D eigenvalue weighted by atomic mass is 19.3. The molecule has 0 aliphatic heterocycles. The Balaban J connectivity index is 1.73. The molecule has 28 heavy (non-hydrogen) atoms. The van der Waals surface area contributed by atoms with Crippen LogP contribution in [0.25, 0.3) is 27.5 Å². The van der Waals surface area contributed by atoms with E-state index in [9.17, 15) is 8.78 Å². The van der Waals surface area contributed by atoms with Crippen molar-refractivity contribution in [1.82, 2.24) is 24.6 Å². The predicted molar refractivity (Wildman–Crippen MR) is 102 cm³/mol. The number of ether oxygens (including phenoxy) is 1. The maximum atomic E-state index is 13.4. The summed E-state index contributed by atoms with van der Waals surface area (Å²) >= 11 is 0. The molecule has 0 radical (unpaired) electrons. The molecule has 7 nitrogen and oxygen atoms in total. The lowest BCUT2D eigenvalue weighted by molar-refractivity contribution is 0.00673. The number of fused-ring (bicyclic) bond motifs is 2. The van der Waals surface area contributed by atoms with Crippen LogP contribution in [0, 0.1) is 0 Å². The van der Waals surface area contributed by atoms with Crippen LogP contribution >= 0.6 is 0 Å². The minimum Gasteiger partial charge on any atom is -0.480 e. The van der Waals surface area contributed by atoms with Crippen LogP contribution in [0.4, 0.5) is 14.7 Å². The van der Waals surface area contributed by atoms with E-state index in [1.807, 2.05) is 24.3 Å². The van der Waals surface area contributed by atoms with E-state index in [-0.39, 0.29) is 5.95 Å². The molecule has 0 saturated heterocycles. The number of alkyl halides is 2. The summed E-state index contributed by atoms with van der Waals surface area (Å²) in [6, 6.07) is 6.57. The molecule has 0 aliphatic carbocycles. The van der Waals surface area contributed by atoms with Crippen molar-refractivity contribution < 1.29 is 13.5 Å². The Morgan fingerprint density at radius 2 is 2.00 bits per heavy atom. The van der Waals surface area contributed by atoms with E-state index in [2.05, 4.69) is 25.4 Å². The molecule has 4 aromatic rings. The molecule has 3 heterocycles. The van der Waals surface area contributed by atoms with Crippen molar-refractivity contribution in [2.75, 3.05) is 12.4 Å². The van der Waals surface area contributed by atoms with Gasteiger partial charge >= 0.3 is 0 Å². The molecule has 0 spiro atoms. The Hall–Kier alpha value is -3.36. The van der Waals surface area contributed by atoms with Gasteiger partial charge in [-0.3, -0.25) is 0 Å². The van der Waals surface area contributed by atoms with E-state index in [1.165, 1.54) is 13.3 Å². The smallest absolute Gasteiger partial charge is 0.264 e. The number of halogens is 2. The molecule has 0 fully saturated rings. The molecule has 0 aliphatic rings. The normalized spacial score (nSPS) is 13.0. The topological polar surface area (TPSA) is 77.2 Å². The zero-order valence-electron chi connectivity index (χ0n) is 15.5. The largest absolute Gasteiger partial charge is 0.480 e. The monoisotopic (exact) mass is 384 g/mol. The van der Waals surface area contributed by atoms with Crippen LogP contribution in [0.3, 0.4) is 0 Å². The molecule has 0 bridgehead atoms. The minimum absolute atomic E-state index is 0.136. The summed E-state index contributed by atoms with van der Waals surface area (Å²) in [7, 11) is 1.56. The summed E-state index contributed by atoms with van der Waals surface area (Å²) in [5.41, 5.74) is 3.34. The molecule has 1 aromatic carbocycles. The molecule has 3 aromatic heterocycles. The molecule has 0 amide bonds. The lowest BCUT2D eigenvalue weighted by Crippen LogP contribution is -2.35. The van der Waals surface area contributed by atoms with Crippen LogP contribution in [0.5, 0.6) is 5.88 Å². The fourth-order valence-electron chi connectivity index (χ4n) is 2.89. The SMILES string of the molecule is COc1ncnc2ccc(-c3ccn4nc(N[C@H](C)C(C)(F)F)ncc34)cc12. The average Bonchev–Trinajstić information content (AvgIpc) is 3.09.